The van der Waals surface area contributed by atoms with Crippen molar-refractivity contribution in [3.05, 3.63) is 57.6 Å². The number of carbonyl (C=O) groups is 1. The standard InChI is InChI=1S/C19H19ClF3N5O/c1-4-15(12-5-7-13(20)8-6-12)25-16(29)9-14-10(2)24-18-26-17(19(21,22)23)27-28(18)11(14)3/h5-8,15H,4,9H2,1-3H3,(H,25,29)/t15-/m0/s1. The number of carbonyl (C=O) groups excluding carboxylic acids is 1. The van der Waals surface area contributed by atoms with Crippen LogP contribution in [0.4, 0.5) is 13.2 Å². The van der Waals surface area contributed by atoms with Gasteiger partial charge in [-0.2, -0.15) is 18.2 Å². The first-order valence-electron chi connectivity index (χ1n) is 8.95. The van der Waals surface area contributed by atoms with Crippen LogP contribution in [0, 0.1) is 13.8 Å². The van der Waals surface area contributed by atoms with Gasteiger partial charge in [0.1, 0.15) is 0 Å². The fourth-order valence-corrected chi connectivity index (χ4v) is 3.23. The van der Waals surface area contributed by atoms with Gasteiger partial charge in [0, 0.05) is 22.0 Å². The molecule has 0 saturated heterocycles. The second-order valence-corrected chi connectivity index (χ2v) is 7.10. The van der Waals surface area contributed by atoms with Gasteiger partial charge in [0.2, 0.25) is 5.91 Å². The fraction of sp³-hybridized carbons (Fsp3) is 0.368. The number of hydrogen-bond acceptors (Lipinski definition) is 4. The van der Waals surface area contributed by atoms with Crippen LogP contribution in [0.3, 0.4) is 0 Å². The highest BCUT2D eigenvalue weighted by Gasteiger charge is 2.37. The molecule has 3 aromatic rings. The van der Waals surface area contributed by atoms with Crippen LogP contribution in [0.25, 0.3) is 5.78 Å². The van der Waals surface area contributed by atoms with E-state index in [9.17, 15) is 18.0 Å². The van der Waals surface area contributed by atoms with Crippen LogP contribution < -0.4 is 5.32 Å². The van der Waals surface area contributed by atoms with Gasteiger partial charge >= 0.3 is 6.18 Å². The average Bonchev–Trinajstić information content (AvgIpc) is 3.08. The summed E-state index contributed by atoms with van der Waals surface area (Å²) in [5, 5.41) is 7.05. The van der Waals surface area contributed by atoms with E-state index in [0.29, 0.717) is 28.4 Å². The summed E-state index contributed by atoms with van der Waals surface area (Å²) in [5.74, 6) is -1.68. The maximum atomic E-state index is 12.9. The third-order valence-electron chi connectivity index (χ3n) is 4.66. The summed E-state index contributed by atoms with van der Waals surface area (Å²) < 4.78 is 39.7. The van der Waals surface area contributed by atoms with Gasteiger partial charge in [-0.25, -0.2) is 9.50 Å². The van der Waals surface area contributed by atoms with Crippen molar-refractivity contribution in [1.29, 1.82) is 0 Å². The molecule has 6 nitrogen and oxygen atoms in total. The number of amides is 1. The lowest BCUT2D eigenvalue weighted by Crippen LogP contribution is -2.30. The second-order valence-electron chi connectivity index (χ2n) is 6.66. The van der Waals surface area contributed by atoms with Gasteiger partial charge in [-0.15, -0.1) is 5.10 Å². The highest BCUT2D eigenvalue weighted by molar-refractivity contribution is 6.30. The van der Waals surface area contributed by atoms with E-state index in [-0.39, 0.29) is 24.1 Å². The van der Waals surface area contributed by atoms with Gasteiger partial charge in [0.05, 0.1) is 12.5 Å². The minimum atomic E-state index is -4.67. The van der Waals surface area contributed by atoms with E-state index in [4.69, 9.17) is 11.6 Å². The minimum Gasteiger partial charge on any atom is -0.349 e. The Balaban J connectivity index is 1.85. The maximum absolute atomic E-state index is 12.9. The zero-order valence-corrected chi connectivity index (χ0v) is 16.8. The zero-order valence-electron chi connectivity index (χ0n) is 16.0. The predicted molar refractivity (Wildman–Crippen MR) is 102 cm³/mol. The van der Waals surface area contributed by atoms with Crippen molar-refractivity contribution in [1.82, 2.24) is 24.9 Å². The number of alkyl halides is 3. The molecule has 2 aromatic heterocycles. The third-order valence-corrected chi connectivity index (χ3v) is 4.91. The van der Waals surface area contributed by atoms with E-state index < -0.39 is 12.0 Å². The monoisotopic (exact) mass is 425 g/mol. The molecule has 154 valence electrons. The SMILES string of the molecule is CC[C@H](NC(=O)Cc1c(C)nc2nc(C(F)(F)F)nn2c1C)c1ccc(Cl)cc1. The average molecular weight is 426 g/mol. The van der Waals surface area contributed by atoms with Crippen LogP contribution in [0.1, 0.15) is 47.7 Å². The molecule has 0 saturated carbocycles. The van der Waals surface area contributed by atoms with Gasteiger partial charge in [0.25, 0.3) is 11.6 Å². The first-order valence-corrected chi connectivity index (χ1v) is 9.32. The highest BCUT2D eigenvalue weighted by atomic mass is 35.5. The highest BCUT2D eigenvalue weighted by Crippen LogP contribution is 2.27. The Morgan fingerprint density at radius 1 is 1.21 bits per heavy atom. The molecular weight excluding hydrogens is 407 g/mol. The van der Waals surface area contributed by atoms with Gasteiger partial charge < -0.3 is 5.32 Å². The number of aryl methyl sites for hydroxylation is 2. The number of hydrogen-bond donors (Lipinski definition) is 1. The van der Waals surface area contributed by atoms with Crippen molar-refractivity contribution < 1.29 is 18.0 Å². The molecule has 0 spiro atoms. The molecule has 0 bridgehead atoms. The summed E-state index contributed by atoms with van der Waals surface area (Å²) in [6.45, 7) is 5.17. The normalized spacial score (nSPS) is 12.9. The third kappa shape index (κ3) is 4.50. The fourth-order valence-electron chi connectivity index (χ4n) is 3.11. The van der Waals surface area contributed by atoms with Crippen molar-refractivity contribution in [2.75, 3.05) is 0 Å². The number of halogens is 4. The molecule has 0 aliphatic rings. The predicted octanol–water partition coefficient (Wildman–Crippen LogP) is 4.22. The van der Waals surface area contributed by atoms with Crippen LogP contribution in [-0.4, -0.2) is 25.5 Å². The Morgan fingerprint density at radius 2 is 1.86 bits per heavy atom. The molecule has 3 rings (SSSR count). The number of benzene rings is 1. The Kier molecular flexibility index (Phi) is 5.79. The quantitative estimate of drug-likeness (QED) is 0.664. The molecule has 1 aromatic carbocycles. The van der Waals surface area contributed by atoms with E-state index in [2.05, 4.69) is 20.4 Å². The Bertz CT molecular complexity index is 1050. The first kappa shape index (κ1) is 21.0. The van der Waals surface area contributed by atoms with Gasteiger partial charge in [-0.1, -0.05) is 30.7 Å². The number of nitrogens with zero attached hydrogens (tertiary/aromatic N) is 4. The van der Waals surface area contributed by atoms with Crippen LogP contribution in [0.2, 0.25) is 5.02 Å². The Hall–Kier alpha value is -2.68. The zero-order chi connectivity index (χ0) is 21.3. The van der Waals surface area contributed by atoms with E-state index in [1.54, 1.807) is 26.0 Å². The minimum absolute atomic E-state index is 0.0358. The maximum Gasteiger partial charge on any atom is 0.453 e. The molecule has 29 heavy (non-hydrogen) atoms. The molecule has 1 atom stereocenters. The van der Waals surface area contributed by atoms with Gasteiger partial charge in [0.15, 0.2) is 0 Å². The molecule has 2 heterocycles. The van der Waals surface area contributed by atoms with Gasteiger partial charge in [-0.05, 0) is 38.0 Å². The summed E-state index contributed by atoms with van der Waals surface area (Å²) in [5.41, 5.74) is 2.26. The van der Waals surface area contributed by atoms with E-state index in [0.717, 1.165) is 10.1 Å². The van der Waals surface area contributed by atoms with Crippen molar-refractivity contribution in [3.63, 3.8) is 0 Å². The largest absolute Gasteiger partial charge is 0.453 e. The first-order chi connectivity index (χ1) is 13.6. The van der Waals surface area contributed by atoms with Crippen molar-refractivity contribution in [2.45, 2.75) is 45.8 Å². The topological polar surface area (TPSA) is 72.2 Å². The molecule has 0 aliphatic heterocycles. The molecule has 0 aliphatic carbocycles. The van der Waals surface area contributed by atoms with Crippen LogP contribution in [-0.2, 0) is 17.4 Å². The molecule has 10 heteroatoms. The summed E-state index contributed by atoms with van der Waals surface area (Å²) in [7, 11) is 0. The molecule has 0 radical (unpaired) electrons. The van der Waals surface area contributed by atoms with E-state index >= 15 is 0 Å². The molecule has 1 N–H and O–H groups in total. The van der Waals surface area contributed by atoms with Gasteiger partial charge in [-0.3, -0.25) is 4.79 Å². The lowest BCUT2D eigenvalue weighted by atomic mass is 10.0. The van der Waals surface area contributed by atoms with Crippen molar-refractivity contribution in [2.24, 2.45) is 0 Å². The van der Waals surface area contributed by atoms with Crippen LogP contribution >= 0.6 is 11.6 Å². The van der Waals surface area contributed by atoms with E-state index in [1.807, 2.05) is 19.1 Å². The summed E-state index contributed by atoms with van der Waals surface area (Å²) in [4.78, 5) is 20.2. The number of nitrogens with one attached hydrogen (secondary N) is 1. The molecule has 1 amide bonds. The van der Waals surface area contributed by atoms with Crippen molar-refractivity contribution >= 4 is 23.3 Å². The molecular formula is C19H19ClF3N5O. The number of fused-ring (bicyclic) bond motifs is 1. The van der Waals surface area contributed by atoms with E-state index in [1.165, 1.54) is 0 Å². The molecule has 0 unspecified atom stereocenters. The summed E-state index contributed by atoms with van der Waals surface area (Å²) >= 11 is 5.91. The number of rotatable bonds is 5. The van der Waals surface area contributed by atoms with Crippen LogP contribution in [0.15, 0.2) is 24.3 Å². The summed E-state index contributed by atoms with van der Waals surface area (Å²) in [6.07, 6.45) is -4.04. The number of aromatic nitrogens is 4. The van der Waals surface area contributed by atoms with Crippen molar-refractivity contribution in [3.8, 4) is 0 Å². The Morgan fingerprint density at radius 3 is 2.45 bits per heavy atom. The lowest BCUT2D eigenvalue weighted by Gasteiger charge is -2.18. The summed E-state index contributed by atoms with van der Waals surface area (Å²) in [6, 6.07) is 6.98. The Labute approximate surface area is 170 Å². The lowest BCUT2D eigenvalue weighted by molar-refractivity contribution is -0.144. The second kappa shape index (κ2) is 7.98. The smallest absolute Gasteiger partial charge is 0.349 e. The van der Waals surface area contributed by atoms with Crippen LogP contribution in [0.5, 0.6) is 0 Å². The molecule has 0 fully saturated rings.